The van der Waals surface area contributed by atoms with Crippen LogP contribution in [-0.4, -0.2) is 21.5 Å². The van der Waals surface area contributed by atoms with Gasteiger partial charge in [-0.1, -0.05) is 18.2 Å². The third-order valence-corrected chi connectivity index (χ3v) is 2.21. The van der Waals surface area contributed by atoms with Crippen LogP contribution in [0.4, 0.5) is 5.69 Å². The van der Waals surface area contributed by atoms with E-state index in [1.54, 1.807) is 0 Å². The topological polar surface area (TPSA) is 73.1 Å². The summed E-state index contributed by atoms with van der Waals surface area (Å²) >= 11 is 0. The molecule has 0 aliphatic heterocycles. The van der Waals surface area contributed by atoms with E-state index in [4.69, 9.17) is 0 Å². The molecule has 0 aromatic heterocycles. The molecule has 2 aromatic carbocycles. The SMILES string of the molecule is Oc1cc(C=Nc2ccccc2)cc(O)c1O. The van der Waals surface area contributed by atoms with Gasteiger partial charge in [-0.25, -0.2) is 0 Å². The van der Waals surface area contributed by atoms with E-state index in [-0.39, 0.29) is 11.5 Å². The minimum atomic E-state index is -0.526. The minimum Gasteiger partial charge on any atom is -0.504 e. The van der Waals surface area contributed by atoms with Crippen molar-refractivity contribution >= 4 is 11.9 Å². The minimum absolute atomic E-state index is 0.375. The Morgan fingerprint density at radius 1 is 0.882 bits per heavy atom. The van der Waals surface area contributed by atoms with Crippen LogP contribution in [-0.2, 0) is 0 Å². The van der Waals surface area contributed by atoms with Crippen LogP contribution in [0, 0.1) is 0 Å². The quantitative estimate of drug-likeness (QED) is 0.547. The van der Waals surface area contributed by atoms with Crippen molar-refractivity contribution in [3.63, 3.8) is 0 Å². The highest BCUT2D eigenvalue weighted by Crippen LogP contribution is 2.34. The number of para-hydroxylation sites is 1. The van der Waals surface area contributed by atoms with Crippen molar-refractivity contribution in [3.05, 3.63) is 48.0 Å². The van der Waals surface area contributed by atoms with Crippen LogP contribution in [0.15, 0.2) is 47.5 Å². The van der Waals surface area contributed by atoms with E-state index in [9.17, 15) is 15.3 Å². The summed E-state index contributed by atoms with van der Waals surface area (Å²) in [5.74, 6) is -1.28. The molecule has 0 saturated carbocycles. The van der Waals surface area contributed by atoms with Gasteiger partial charge in [-0.15, -0.1) is 0 Å². The zero-order valence-electron chi connectivity index (χ0n) is 8.91. The van der Waals surface area contributed by atoms with E-state index in [0.717, 1.165) is 5.69 Å². The number of aromatic hydroxyl groups is 3. The molecule has 0 atom stereocenters. The van der Waals surface area contributed by atoms with Crippen molar-refractivity contribution in [1.29, 1.82) is 0 Å². The Morgan fingerprint density at radius 2 is 1.47 bits per heavy atom. The van der Waals surface area contributed by atoms with E-state index < -0.39 is 5.75 Å². The lowest BCUT2D eigenvalue weighted by atomic mass is 10.2. The second-order valence-electron chi connectivity index (χ2n) is 3.50. The molecule has 17 heavy (non-hydrogen) atoms. The highest BCUT2D eigenvalue weighted by atomic mass is 16.3. The lowest BCUT2D eigenvalue weighted by Crippen LogP contribution is -1.81. The first-order valence-electron chi connectivity index (χ1n) is 5.01. The number of benzene rings is 2. The van der Waals surface area contributed by atoms with Crippen LogP contribution in [0.5, 0.6) is 17.2 Å². The molecule has 2 aromatic rings. The first-order valence-corrected chi connectivity index (χ1v) is 5.01. The van der Waals surface area contributed by atoms with Crippen molar-refractivity contribution in [2.45, 2.75) is 0 Å². The fourth-order valence-electron chi connectivity index (χ4n) is 1.36. The smallest absolute Gasteiger partial charge is 0.200 e. The third kappa shape index (κ3) is 2.55. The third-order valence-electron chi connectivity index (χ3n) is 2.21. The van der Waals surface area contributed by atoms with Gasteiger partial charge in [0.05, 0.1) is 5.69 Å². The molecule has 0 bridgehead atoms. The second-order valence-corrected chi connectivity index (χ2v) is 3.50. The molecule has 0 unspecified atom stereocenters. The molecule has 0 heterocycles. The van der Waals surface area contributed by atoms with Crippen molar-refractivity contribution in [1.82, 2.24) is 0 Å². The van der Waals surface area contributed by atoms with Crippen LogP contribution < -0.4 is 0 Å². The van der Waals surface area contributed by atoms with Crippen molar-refractivity contribution < 1.29 is 15.3 Å². The Bertz CT molecular complexity index is 527. The van der Waals surface area contributed by atoms with Crippen molar-refractivity contribution in [3.8, 4) is 17.2 Å². The Balaban J connectivity index is 2.28. The highest BCUT2D eigenvalue weighted by Gasteiger charge is 2.06. The molecule has 4 nitrogen and oxygen atoms in total. The average molecular weight is 229 g/mol. The molecule has 0 aliphatic rings. The van der Waals surface area contributed by atoms with Gasteiger partial charge in [0.25, 0.3) is 0 Å². The molecule has 3 N–H and O–H groups in total. The Hall–Kier alpha value is -2.49. The maximum atomic E-state index is 9.31. The molecular weight excluding hydrogens is 218 g/mol. The molecule has 0 radical (unpaired) electrons. The van der Waals surface area contributed by atoms with Crippen LogP contribution >= 0.6 is 0 Å². The zero-order chi connectivity index (χ0) is 12.3. The van der Waals surface area contributed by atoms with Crippen molar-refractivity contribution in [2.24, 2.45) is 4.99 Å². The lowest BCUT2D eigenvalue weighted by Gasteiger charge is -2.01. The highest BCUT2D eigenvalue weighted by molar-refractivity contribution is 5.84. The molecular formula is C13H11NO3. The van der Waals surface area contributed by atoms with Crippen LogP contribution in [0.2, 0.25) is 0 Å². The summed E-state index contributed by atoms with van der Waals surface area (Å²) in [4.78, 5) is 4.16. The van der Waals surface area contributed by atoms with Gasteiger partial charge in [-0.05, 0) is 24.3 Å². The number of phenols is 3. The molecule has 86 valence electrons. The standard InChI is InChI=1S/C13H11NO3/c15-11-6-9(7-12(16)13(11)17)8-14-10-4-2-1-3-5-10/h1-8,15-17H. The molecule has 0 fully saturated rings. The maximum Gasteiger partial charge on any atom is 0.200 e. The van der Waals surface area contributed by atoms with Gasteiger partial charge in [0.1, 0.15) is 0 Å². The lowest BCUT2D eigenvalue weighted by molar-refractivity contribution is 0.368. The molecule has 0 amide bonds. The summed E-state index contributed by atoms with van der Waals surface area (Å²) in [6, 6.07) is 11.9. The fraction of sp³-hybridized carbons (Fsp3) is 0. The Morgan fingerprint density at radius 3 is 2.06 bits per heavy atom. The number of hydrogen-bond donors (Lipinski definition) is 3. The van der Waals surface area contributed by atoms with Gasteiger partial charge in [0, 0.05) is 11.8 Å². The largest absolute Gasteiger partial charge is 0.504 e. The predicted molar refractivity (Wildman–Crippen MR) is 65.1 cm³/mol. The van der Waals surface area contributed by atoms with E-state index in [2.05, 4.69) is 4.99 Å². The van der Waals surface area contributed by atoms with Gasteiger partial charge in [-0.3, -0.25) is 4.99 Å². The van der Waals surface area contributed by atoms with E-state index in [1.807, 2.05) is 30.3 Å². The summed E-state index contributed by atoms with van der Waals surface area (Å²) in [5, 5.41) is 27.8. The first kappa shape index (κ1) is 11.0. The number of rotatable bonds is 2. The summed E-state index contributed by atoms with van der Waals surface area (Å²) in [5.41, 5.74) is 1.27. The van der Waals surface area contributed by atoms with E-state index in [0.29, 0.717) is 5.56 Å². The van der Waals surface area contributed by atoms with Crippen LogP contribution in [0.3, 0.4) is 0 Å². The maximum absolute atomic E-state index is 9.31. The molecule has 2 rings (SSSR count). The monoisotopic (exact) mass is 229 g/mol. The van der Waals surface area contributed by atoms with Gasteiger partial charge in [-0.2, -0.15) is 0 Å². The summed E-state index contributed by atoms with van der Waals surface area (Å²) in [6.45, 7) is 0. The predicted octanol–water partition coefficient (Wildman–Crippen LogP) is 2.55. The summed E-state index contributed by atoms with van der Waals surface area (Å²) < 4.78 is 0. The number of nitrogens with zero attached hydrogens (tertiary/aromatic N) is 1. The Labute approximate surface area is 98.1 Å². The molecule has 0 spiro atoms. The average Bonchev–Trinajstić information content (AvgIpc) is 2.34. The normalized spacial score (nSPS) is 10.8. The van der Waals surface area contributed by atoms with E-state index in [1.165, 1.54) is 18.3 Å². The van der Waals surface area contributed by atoms with Gasteiger partial charge < -0.3 is 15.3 Å². The fourth-order valence-corrected chi connectivity index (χ4v) is 1.36. The Kier molecular flexibility index (Phi) is 2.96. The summed E-state index contributed by atoms with van der Waals surface area (Å²) in [6.07, 6.45) is 1.49. The van der Waals surface area contributed by atoms with E-state index >= 15 is 0 Å². The summed E-state index contributed by atoms with van der Waals surface area (Å²) in [7, 11) is 0. The van der Waals surface area contributed by atoms with Crippen LogP contribution in [0.1, 0.15) is 5.56 Å². The molecule has 0 saturated heterocycles. The van der Waals surface area contributed by atoms with Crippen LogP contribution in [0.25, 0.3) is 0 Å². The first-order chi connectivity index (χ1) is 8.16. The number of aliphatic imine (C=N–C) groups is 1. The van der Waals surface area contributed by atoms with Gasteiger partial charge >= 0.3 is 0 Å². The van der Waals surface area contributed by atoms with Gasteiger partial charge in [0.2, 0.25) is 0 Å². The number of hydrogen-bond acceptors (Lipinski definition) is 4. The zero-order valence-corrected chi connectivity index (χ0v) is 8.91. The second kappa shape index (κ2) is 4.57. The number of phenolic OH excluding ortho intramolecular Hbond substituents is 3. The van der Waals surface area contributed by atoms with Gasteiger partial charge in [0.15, 0.2) is 17.2 Å². The molecule has 4 heteroatoms. The molecule has 0 aliphatic carbocycles. The van der Waals surface area contributed by atoms with Crippen molar-refractivity contribution in [2.75, 3.05) is 0 Å².